The average molecular weight is 277 g/mol. The van der Waals surface area contributed by atoms with Gasteiger partial charge in [0.15, 0.2) is 0 Å². The monoisotopic (exact) mass is 275 g/mol. The quantitative estimate of drug-likeness (QED) is 0.483. The normalized spacial score (nSPS) is 9.00. The molecular weight excluding hydrogens is 271 g/mol. The van der Waals surface area contributed by atoms with Gasteiger partial charge in [0.2, 0.25) is 0 Å². The van der Waals surface area contributed by atoms with E-state index in [-0.39, 0.29) is 19.5 Å². The Morgan fingerprint density at radius 1 is 1.06 bits per heavy atom. The number of nitro groups is 1. The Bertz CT molecular complexity index is 379. The number of non-ortho nitro benzene ring substituents is 1. The summed E-state index contributed by atoms with van der Waals surface area (Å²) in [5.74, 6) is -2.83. The first-order chi connectivity index (χ1) is 6.91. The Morgan fingerprint density at radius 3 is 1.69 bits per heavy atom. The predicted molar refractivity (Wildman–Crippen MR) is 47.0 cm³/mol. The summed E-state index contributed by atoms with van der Waals surface area (Å²) in [4.78, 5) is 30.6. The first-order valence-electron chi connectivity index (χ1n) is 3.68. The molecule has 1 rings (SSSR count). The van der Waals surface area contributed by atoms with E-state index >= 15 is 0 Å². The maximum Gasteiger partial charge on any atom is 0.335 e. The minimum atomic E-state index is -1.42. The molecule has 0 amide bonds. The summed E-state index contributed by atoms with van der Waals surface area (Å²) in [6, 6.07) is 2.46. The molecule has 1 aromatic carbocycles. The molecule has 0 heterocycles. The standard InChI is InChI=1S/C8H5NO6.Zn/c10-7(11)4-1-5(8(12)13)3-6(2-4)9(14)15;/h1-3H,(H,10,11)(H,12,13);. The molecule has 8 heteroatoms. The summed E-state index contributed by atoms with van der Waals surface area (Å²) < 4.78 is 0. The molecule has 0 fully saturated rings. The maximum absolute atomic E-state index is 10.5. The van der Waals surface area contributed by atoms with Crippen LogP contribution in [0.4, 0.5) is 5.69 Å². The van der Waals surface area contributed by atoms with E-state index in [1.165, 1.54) is 0 Å². The van der Waals surface area contributed by atoms with E-state index in [1.54, 1.807) is 0 Å². The molecule has 16 heavy (non-hydrogen) atoms. The van der Waals surface area contributed by atoms with Gasteiger partial charge in [-0.1, -0.05) is 0 Å². The van der Waals surface area contributed by atoms with Crippen molar-refractivity contribution in [1.82, 2.24) is 0 Å². The molecule has 7 nitrogen and oxygen atoms in total. The number of hydrogen-bond donors (Lipinski definition) is 2. The second-order valence-electron chi connectivity index (χ2n) is 2.64. The molecule has 0 atom stereocenters. The Labute approximate surface area is 102 Å². The van der Waals surface area contributed by atoms with Crippen molar-refractivity contribution in [3.05, 3.63) is 39.4 Å². The number of carboxylic acids is 2. The van der Waals surface area contributed by atoms with Crippen LogP contribution in [0.2, 0.25) is 0 Å². The fourth-order valence-electron chi connectivity index (χ4n) is 0.964. The Kier molecular flexibility index (Phi) is 4.71. The van der Waals surface area contributed by atoms with Crippen molar-refractivity contribution in [2.24, 2.45) is 0 Å². The summed E-state index contributed by atoms with van der Waals surface area (Å²) >= 11 is 0. The summed E-state index contributed by atoms with van der Waals surface area (Å²) in [6.45, 7) is 0. The summed E-state index contributed by atoms with van der Waals surface area (Å²) in [5.41, 5.74) is -1.42. The Balaban J connectivity index is 0.00000225. The molecule has 0 aliphatic carbocycles. The molecule has 0 radical (unpaired) electrons. The van der Waals surface area contributed by atoms with E-state index < -0.39 is 33.7 Å². The molecule has 2 N–H and O–H groups in total. The second kappa shape index (κ2) is 5.32. The number of nitrogens with zero attached hydrogens (tertiary/aromatic N) is 1. The average Bonchev–Trinajstić information content (AvgIpc) is 2.16. The van der Waals surface area contributed by atoms with Gasteiger partial charge in [-0.15, -0.1) is 0 Å². The van der Waals surface area contributed by atoms with Gasteiger partial charge in [-0.2, -0.15) is 0 Å². The maximum atomic E-state index is 10.5. The number of nitro benzene ring substituents is 1. The minimum absolute atomic E-state index is 0. The molecule has 0 saturated carbocycles. The van der Waals surface area contributed by atoms with E-state index in [0.717, 1.165) is 18.2 Å². The zero-order valence-corrected chi connectivity index (χ0v) is 10.9. The van der Waals surface area contributed by atoms with Gasteiger partial charge < -0.3 is 10.2 Å². The molecule has 0 aliphatic rings. The molecule has 80 valence electrons. The third-order valence-corrected chi connectivity index (χ3v) is 1.62. The van der Waals surface area contributed by atoms with E-state index in [9.17, 15) is 19.7 Å². The fourth-order valence-corrected chi connectivity index (χ4v) is 0.964. The smallest absolute Gasteiger partial charge is 0.335 e. The van der Waals surface area contributed by atoms with Crippen LogP contribution in [0.15, 0.2) is 18.2 Å². The zero-order chi connectivity index (χ0) is 11.6. The molecule has 1 aromatic rings. The number of aromatic carboxylic acids is 2. The van der Waals surface area contributed by atoms with Gasteiger partial charge in [0.05, 0.1) is 16.1 Å². The fraction of sp³-hybridized carbons (Fsp3) is 0. The first kappa shape index (κ1) is 14.2. The van der Waals surface area contributed by atoms with Crippen LogP contribution < -0.4 is 0 Å². The van der Waals surface area contributed by atoms with Crippen LogP contribution in [0.3, 0.4) is 0 Å². The van der Waals surface area contributed by atoms with Gasteiger partial charge in [0, 0.05) is 31.6 Å². The number of rotatable bonds is 3. The van der Waals surface area contributed by atoms with Gasteiger partial charge in [-0.3, -0.25) is 10.1 Å². The number of carboxylic acid groups (broad SMARTS) is 2. The number of carbonyl (C=O) groups is 2. The first-order valence-corrected chi connectivity index (χ1v) is 3.68. The van der Waals surface area contributed by atoms with Crippen molar-refractivity contribution in [1.29, 1.82) is 0 Å². The van der Waals surface area contributed by atoms with Crippen molar-refractivity contribution >= 4 is 17.6 Å². The van der Waals surface area contributed by atoms with E-state index in [2.05, 4.69) is 0 Å². The summed E-state index contributed by atoms with van der Waals surface area (Å²) in [5, 5.41) is 27.5. The van der Waals surface area contributed by atoms with E-state index in [4.69, 9.17) is 10.2 Å². The van der Waals surface area contributed by atoms with Gasteiger partial charge in [-0.05, 0) is 6.07 Å². The van der Waals surface area contributed by atoms with Crippen molar-refractivity contribution in [2.45, 2.75) is 0 Å². The molecule has 0 unspecified atom stereocenters. The van der Waals surface area contributed by atoms with Crippen molar-refractivity contribution < 1.29 is 44.2 Å². The van der Waals surface area contributed by atoms with Crippen molar-refractivity contribution in [3.63, 3.8) is 0 Å². The molecule has 0 aromatic heterocycles. The topological polar surface area (TPSA) is 118 Å². The van der Waals surface area contributed by atoms with Gasteiger partial charge in [0.25, 0.3) is 5.69 Å². The van der Waals surface area contributed by atoms with E-state index in [0.29, 0.717) is 0 Å². The minimum Gasteiger partial charge on any atom is -0.478 e. The number of benzene rings is 1. The van der Waals surface area contributed by atoms with Gasteiger partial charge >= 0.3 is 11.9 Å². The van der Waals surface area contributed by atoms with Gasteiger partial charge in [-0.25, -0.2) is 9.59 Å². The zero-order valence-electron chi connectivity index (χ0n) is 7.91. The van der Waals surface area contributed by atoms with Crippen LogP contribution in [-0.4, -0.2) is 27.1 Å². The van der Waals surface area contributed by atoms with Crippen LogP contribution in [-0.2, 0) is 19.5 Å². The van der Waals surface area contributed by atoms with Crippen LogP contribution >= 0.6 is 0 Å². The van der Waals surface area contributed by atoms with Gasteiger partial charge in [0.1, 0.15) is 0 Å². The third kappa shape index (κ3) is 3.10. The number of hydrogen-bond acceptors (Lipinski definition) is 4. The molecular formula is C8H5NO6Zn. The van der Waals surface area contributed by atoms with Crippen LogP contribution in [0.5, 0.6) is 0 Å². The summed E-state index contributed by atoms with van der Waals surface area (Å²) in [6.07, 6.45) is 0. The van der Waals surface area contributed by atoms with Crippen LogP contribution in [0, 0.1) is 10.1 Å². The molecule has 0 aliphatic heterocycles. The van der Waals surface area contributed by atoms with Crippen LogP contribution in [0.25, 0.3) is 0 Å². The van der Waals surface area contributed by atoms with Crippen molar-refractivity contribution in [2.75, 3.05) is 0 Å². The molecule has 0 bridgehead atoms. The molecule has 0 saturated heterocycles. The summed E-state index contributed by atoms with van der Waals surface area (Å²) in [7, 11) is 0. The SMILES string of the molecule is O=C(O)c1cc(C(=O)O)cc([N+](=O)[O-])c1.[Zn]. The second-order valence-corrected chi connectivity index (χ2v) is 2.64. The third-order valence-electron chi connectivity index (χ3n) is 1.62. The van der Waals surface area contributed by atoms with Crippen LogP contribution in [0.1, 0.15) is 20.7 Å². The Morgan fingerprint density at radius 2 is 1.44 bits per heavy atom. The van der Waals surface area contributed by atoms with E-state index in [1.807, 2.05) is 0 Å². The predicted octanol–water partition coefficient (Wildman–Crippen LogP) is 0.989. The largest absolute Gasteiger partial charge is 0.478 e. The Hall–Kier alpha value is -1.82. The van der Waals surface area contributed by atoms with Crippen molar-refractivity contribution in [3.8, 4) is 0 Å². The molecule has 0 spiro atoms.